The Morgan fingerprint density at radius 3 is 2.89 bits per heavy atom. The van der Waals surface area contributed by atoms with E-state index in [1.54, 1.807) is 4.68 Å². The fourth-order valence-corrected chi connectivity index (χ4v) is 2.65. The maximum atomic E-state index is 11.9. The highest BCUT2D eigenvalue weighted by atomic mass is 16.1. The maximum absolute atomic E-state index is 11.9. The van der Waals surface area contributed by atoms with Gasteiger partial charge in [-0.1, -0.05) is 18.2 Å². The highest BCUT2D eigenvalue weighted by Crippen LogP contribution is 2.32. The Kier molecular flexibility index (Phi) is 3.91. The molecule has 2 heterocycles. The van der Waals surface area contributed by atoms with Gasteiger partial charge in [-0.25, -0.2) is 0 Å². The first-order valence-electron chi connectivity index (χ1n) is 6.40. The van der Waals surface area contributed by atoms with Crippen LogP contribution in [0.25, 0.3) is 0 Å². The van der Waals surface area contributed by atoms with Crippen molar-refractivity contribution in [1.82, 2.24) is 19.9 Å². The van der Waals surface area contributed by atoms with Crippen LogP contribution >= 0.6 is 0 Å². The minimum Gasteiger partial charge on any atom is -0.300 e. The summed E-state index contributed by atoms with van der Waals surface area (Å²) in [5.41, 5.74) is 0.880. The fourth-order valence-electron chi connectivity index (χ4n) is 2.65. The third-order valence-electron chi connectivity index (χ3n) is 3.53. The second-order valence-electron chi connectivity index (χ2n) is 4.83. The van der Waals surface area contributed by atoms with Gasteiger partial charge < -0.3 is 0 Å². The van der Waals surface area contributed by atoms with Crippen molar-refractivity contribution in [2.45, 2.75) is 38.3 Å². The van der Waals surface area contributed by atoms with Crippen LogP contribution in [0.2, 0.25) is 0 Å². The van der Waals surface area contributed by atoms with Crippen LogP contribution in [0.1, 0.15) is 37.9 Å². The molecular weight excluding hydrogens is 228 g/mol. The second kappa shape index (κ2) is 5.44. The summed E-state index contributed by atoms with van der Waals surface area (Å²) in [6.45, 7) is 6.71. The third-order valence-corrected chi connectivity index (χ3v) is 3.53. The standard InChI is InChI=1S/C13H20N4O/c1-4-6-17-10(5-2)7-11(18)8-13(17)12-9-16(3)15-14-12/h4,9-10,13H,1,5-8H2,2-3H3/t10-,13-/m0/s1. The van der Waals surface area contributed by atoms with Gasteiger partial charge in [-0.05, 0) is 6.42 Å². The smallest absolute Gasteiger partial charge is 0.136 e. The lowest BCUT2D eigenvalue weighted by Gasteiger charge is -2.39. The van der Waals surface area contributed by atoms with Crippen molar-refractivity contribution in [3.63, 3.8) is 0 Å². The molecule has 0 aromatic carbocycles. The van der Waals surface area contributed by atoms with Crippen LogP contribution in [0.3, 0.4) is 0 Å². The molecule has 0 aliphatic carbocycles. The Morgan fingerprint density at radius 2 is 2.33 bits per heavy atom. The lowest BCUT2D eigenvalue weighted by Crippen LogP contribution is -2.44. The topological polar surface area (TPSA) is 51.0 Å². The minimum atomic E-state index is 0.0444. The molecule has 2 rings (SSSR count). The molecule has 0 radical (unpaired) electrons. The molecule has 98 valence electrons. The van der Waals surface area contributed by atoms with Crippen LogP contribution in [-0.4, -0.2) is 38.3 Å². The number of carbonyl (C=O) groups excluding carboxylic acids is 1. The number of hydrogen-bond acceptors (Lipinski definition) is 4. The van der Waals surface area contributed by atoms with Crippen molar-refractivity contribution in [3.8, 4) is 0 Å². The Bertz CT molecular complexity index is 440. The number of aryl methyl sites for hydroxylation is 1. The molecule has 5 heteroatoms. The van der Waals surface area contributed by atoms with Gasteiger partial charge in [0.05, 0.1) is 6.04 Å². The first-order valence-corrected chi connectivity index (χ1v) is 6.40. The molecule has 0 amide bonds. The predicted molar refractivity (Wildman–Crippen MR) is 69.0 cm³/mol. The molecule has 2 atom stereocenters. The average molecular weight is 248 g/mol. The highest BCUT2D eigenvalue weighted by Gasteiger charge is 2.35. The molecule has 0 unspecified atom stereocenters. The highest BCUT2D eigenvalue weighted by molar-refractivity contribution is 5.80. The Balaban J connectivity index is 2.28. The van der Waals surface area contributed by atoms with E-state index in [1.165, 1.54) is 0 Å². The van der Waals surface area contributed by atoms with Gasteiger partial charge in [0.2, 0.25) is 0 Å². The zero-order valence-electron chi connectivity index (χ0n) is 11.0. The molecule has 18 heavy (non-hydrogen) atoms. The molecule has 1 aliphatic heterocycles. The van der Waals surface area contributed by atoms with Crippen molar-refractivity contribution in [2.24, 2.45) is 7.05 Å². The number of hydrogen-bond donors (Lipinski definition) is 0. The van der Waals surface area contributed by atoms with E-state index in [-0.39, 0.29) is 12.1 Å². The van der Waals surface area contributed by atoms with E-state index in [4.69, 9.17) is 0 Å². The number of rotatable bonds is 4. The Morgan fingerprint density at radius 1 is 1.56 bits per heavy atom. The van der Waals surface area contributed by atoms with E-state index in [0.717, 1.165) is 18.7 Å². The summed E-state index contributed by atoms with van der Waals surface area (Å²) in [6.07, 6.45) is 5.92. The van der Waals surface area contributed by atoms with Crippen LogP contribution in [-0.2, 0) is 11.8 Å². The molecule has 0 spiro atoms. The van der Waals surface area contributed by atoms with Crippen molar-refractivity contribution in [2.75, 3.05) is 6.54 Å². The summed E-state index contributed by atoms with van der Waals surface area (Å²) < 4.78 is 1.68. The van der Waals surface area contributed by atoms with E-state index < -0.39 is 0 Å². The molecule has 1 saturated heterocycles. The van der Waals surface area contributed by atoms with Gasteiger partial charge in [0.15, 0.2) is 0 Å². The maximum Gasteiger partial charge on any atom is 0.136 e. The van der Waals surface area contributed by atoms with Crippen molar-refractivity contribution in [1.29, 1.82) is 0 Å². The number of piperidine rings is 1. The molecular formula is C13H20N4O. The van der Waals surface area contributed by atoms with E-state index >= 15 is 0 Å². The fraction of sp³-hybridized carbons (Fsp3) is 0.615. The van der Waals surface area contributed by atoms with Crippen LogP contribution in [0.4, 0.5) is 0 Å². The summed E-state index contributed by atoms with van der Waals surface area (Å²) in [4.78, 5) is 14.2. The van der Waals surface area contributed by atoms with Crippen molar-refractivity contribution >= 4 is 5.78 Å². The molecule has 0 saturated carbocycles. The predicted octanol–water partition coefficient (Wildman–Crippen LogP) is 1.49. The first-order chi connectivity index (χ1) is 8.65. The van der Waals surface area contributed by atoms with Gasteiger partial charge >= 0.3 is 0 Å². The number of aromatic nitrogens is 3. The Hall–Kier alpha value is -1.49. The summed E-state index contributed by atoms with van der Waals surface area (Å²) in [6, 6.07) is 0.333. The van der Waals surface area contributed by atoms with E-state index in [2.05, 4.69) is 28.7 Å². The Labute approximate surface area is 107 Å². The normalized spacial score (nSPS) is 25.3. The largest absolute Gasteiger partial charge is 0.300 e. The van der Waals surface area contributed by atoms with Crippen molar-refractivity contribution < 1.29 is 4.79 Å². The zero-order chi connectivity index (χ0) is 13.1. The van der Waals surface area contributed by atoms with Crippen molar-refractivity contribution in [3.05, 3.63) is 24.5 Å². The van der Waals surface area contributed by atoms with Gasteiger partial charge in [-0.15, -0.1) is 11.7 Å². The molecule has 1 aromatic rings. The lowest BCUT2D eigenvalue weighted by molar-refractivity contribution is -0.125. The van der Waals surface area contributed by atoms with Gasteiger partial charge in [0, 0.05) is 38.7 Å². The summed E-state index contributed by atoms with van der Waals surface area (Å²) >= 11 is 0. The molecule has 1 fully saturated rings. The van der Waals surface area contributed by atoms with Gasteiger partial charge in [-0.3, -0.25) is 14.4 Å². The second-order valence-corrected chi connectivity index (χ2v) is 4.83. The summed E-state index contributed by atoms with van der Waals surface area (Å²) in [7, 11) is 1.84. The minimum absolute atomic E-state index is 0.0444. The number of Topliss-reactive ketones (excluding diaryl/α,β-unsaturated/α-hetero) is 1. The van der Waals surface area contributed by atoms with E-state index in [1.807, 2.05) is 19.3 Å². The van der Waals surface area contributed by atoms with E-state index in [9.17, 15) is 4.79 Å². The average Bonchev–Trinajstić information content (AvgIpc) is 2.77. The van der Waals surface area contributed by atoms with Gasteiger partial charge in [-0.2, -0.15) is 0 Å². The molecule has 0 N–H and O–H groups in total. The van der Waals surface area contributed by atoms with Crippen LogP contribution in [0.15, 0.2) is 18.9 Å². The number of carbonyl (C=O) groups is 1. The quantitative estimate of drug-likeness (QED) is 0.757. The van der Waals surface area contributed by atoms with Crippen LogP contribution in [0, 0.1) is 0 Å². The van der Waals surface area contributed by atoms with Crippen LogP contribution in [0.5, 0.6) is 0 Å². The molecule has 5 nitrogen and oxygen atoms in total. The summed E-state index contributed by atoms with van der Waals surface area (Å²) in [5.74, 6) is 0.317. The molecule has 0 bridgehead atoms. The third kappa shape index (κ3) is 2.51. The van der Waals surface area contributed by atoms with Gasteiger partial charge in [0.1, 0.15) is 11.5 Å². The van der Waals surface area contributed by atoms with Crippen LogP contribution < -0.4 is 0 Å². The number of nitrogens with zero attached hydrogens (tertiary/aromatic N) is 4. The summed E-state index contributed by atoms with van der Waals surface area (Å²) in [5, 5.41) is 8.13. The lowest BCUT2D eigenvalue weighted by atomic mass is 9.91. The molecule has 1 aliphatic rings. The number of likely N-dealkylation sites (tertiary alicyclic amines) is 1. The molecule has 1 aromatic heterocycles. The van der Waals surface area contributed by atoms with Gasteiger partial charge in [0.25, 0.3) is 0 Å². The van der Waals surface area contributed by atoms with E-state index in [0.29, 0.717) is 18.6 Å². The first kappa shape index (κ1) is 13.0. The zero-order valence-corrected chi connectivity index (χ0v) is 11.0. The monoisotopic (exact) mass is 248 g/mol. The SMILES string of the molecule is C=CCN1[C@@H](CC)CC(=O)C[C@H]1c1cn(C)nn1. The number of ketones is 1.